The van der Waals surface area contributed by atoms with Gasteiger partial charge in [-0.3, -0.25) is 14.9 Å². The molecule has 0 bridgehead atoms. The Morgan fingerprint density at radius 1 is 1.13 bits per heavy atom. The maximum atomic E-state index is 12.0. The monoisotopic (exact) mass is 321 g/mol. The molecule has 1 atom stereocenters. The van der Waals surface area contributed by atoms with Gasteiger partial charge in [0.15, 0.2) is 17.8 Å². The number of amides is 1. The summed E-state index contributed by atoms with van der Waals surface area (Å²) in [6, 6.07) is 0. The molecule has 1 fully saturated rings. The normalized spacial score (nSPS) is 19.8. The molecule has 4 nitrogen and oxygen atoms in total. The smallest absolute Gasteiger partial charge is 0.267 e. The zero-order chi connectivity index (χ0) is 17.1. The molecule has 0 aromatic rings. The third-order valence-electron chi connectivity index (χ3n) is 3.96. The fourth-order valence-corrected chi connectivity index (χ4v) is 2.58. The van der Waals surface area contributed by atoms with E-state index in [4.69, 9.17) is 4.74 Å². The second kappa shape index (κ2) is 11.0. The van der Waals surface area contributed by atoms with Crippen LogP contribution in [-0.4, -0.2) is 17.8 Å². The Balaban J connectivity index is 2.39. The molecule has 1 amide bonds. The van der Waals surface area contributed by atoms with Crippen molar-refractivity contribution in [3.8, 4) is 0 Å². The van der Waals surface area contributed by atoms with Crippen molar-refractivity contribution in [2.45, 2.75) is 84.7 Å². The Morgan fingerprint density at radius 3 is 2.52 bits per heavy atom. The topological polar surface area (TPSA) is 55.4 Å². The van der Waals surface area contributed by atoms with Gasteiger partial charge in [-0.25, -0.2) is 0 Å². The lowest BCUT2D eigenvalue weighted by Gasteiger charge is -2.05. The Hall–Kier alpha value is -1.58. The van der Waals surface area contributed by atoms with E-state index >= 15 is 0 Å². The molecule has 1 aliphatic rings. The van der Waals surface area contributed by atoms with E-state index in [-0.39, 0.29) is 17.6 Å². The van der Waals surface area contributed by atoms with Crippen molar-refractivity contribution in [2.24, 2.45) is 0 Å². The summed E-state index contributed by atoms with van der Waals surface area (Å²) in [4.78, 5) is 23.7. The van der Waals surface area contributed by atoms with Crippen LogP contribution in [0.25, 0.3) is 0 Å². The molecule has 0 radical (unpaired) electrons. The number of rotatable bonds is 11. The Labute approximate surface area is 140 Å². The van der Waals surface area contributed by atoms with E-state index in [1.54, 1.807) is 6.08 Å². The maximum Gasteiger partial charge on any atom is 0.267 e. The van der Waals surface area contributed by atoms with Crippen LogP contribution >= 0.6 is 0 Å². The molecular formula is C19H31NO3. The number of allylic oxidation sites excluding steroid dienone is 3. The predicted molar refractivity (Wildman–Crippen MR) is 92.8 cm³/mol. The van der Waals surface area contributed by atoms with Crippen LogP contribution in [0.4, 0.5) is 0 Å². The van der Waals surface area contributed by atoms with E-state index in [9.17, 15) is 9.59 Å². The molecule has 1 rings (SSSR count). The van der Waals surface area contributed by atoms with Crippen LogP contribution in [0.3, 0.4) is 0 Å². The summed E-state index contributed by atoms with van der Waals surface area (Å²) in [5, 5.41) is 2.63. The second-order valence-electron chi connectivity index (χ2n) is 6.30. The molecule has 1 aliphatic heterocycles. The van der Waals surface area contributed by atoms with Gasteiger partial charge in [-0.1, -0.05) is 51.5 Å². The molecule has 1 saturated heterocycles. The number of carbonyl (C=O) groups excluding carboxylic acids is 2. The molecule has 4 heteroatoms. The summed E-state index contributed by atoms with van der Waals surface area (Å²) in [7, 11) is 0. The van der Waals surface area contributed by atoms with Gasteiger partial charge in [0, 0.05) is 6.08 Å². The van der Waals surface area contributed by atoms with E-state index in [0.717, 1.165) is 31.3 Å². The molecule has 130 valence electrons. The largest absolute Gasteiger partial charge is 0.465 e. The first-order chi connectivity index (χ1) is 11.1. The molecule has 23 heavy (non-hydrogen) atoms. The average Bonchev–Trinajstić information content (AvgIpc) is 2.84. The molecule has 1 unspecified atom stereocenters. The second-order valence-corrected chi connectivity index (χ2v) is 6.30. The minimum absolute atomic E-state index is 0.123. The molecule has 0 saturated carbocycles. The standard InChI is InChI=1S/C19H31NO3/c1-4-6-8-9-10-11-15(3)13-16(21)14-18-20-19(22)17(23-18)12-7-5-2/h13-14,17H,4-12H2,1-3H3,(H,20,22). The van der Waals surface area contributed by atoms with E-state index in [2.05, 4.69) is 19.2 Å². The molecule has 0 aromatic carbocycles. The molecule has 0 spiro atoms. The zero-order valence-corrected chi connectivity index (χ0v) is 14.8. The first-order valence-electron chi connectivity index (χ1n) is 8.97. The van der Waals surface area contributed by atoms with Crippen molar-refractivity contribution >= 4 is 11.7 Å². The summed E-state index contributed by atoms with van der Waals surface area (Å²) in [5.74, 6) is 0.0183. The van der Waals surface area contributed by atoms with E-state index in [1.165, 1.54) is 31.8 Å². The number of carbonyl (C=O) groups is 2. The van der Waals surface area contributed by atoms with Crippen molar-refractivity contribution < 1.29 is 14.3 Å². The van der Waals surface area contributed by atoms with E-state index < -0.39 is 6.10 Å². The van der Waals surface area contributed by atoms with Gasteiger partial charge in [-0.15, -0.1) is 0 Å². The third kappa shape index (κ3) is 8.00. The van der Waals surface area contributed by atoms with E-state index in [0.29, 0.717) is 6.42 Å². The zero-order valence-electron chi connectivity index (χ0n) is 14.8. The van der Waals surface area contributed by atoms with Gasteiger partial charge < -0.3 is 4.74 Å². The number of ether oxygens (including phenoxy) is 1. The third-order valence-corrected chi connectivity index (χ3v) is 3.96. The highest BCUT2D eigenvalue weighted by Crippen LogP contribution is 2.16. The summed E-state index contributed by atoms with van der Waals surface area (Å²) < 4.78 is 5.50. The first kappa shape index (κ1) is 19.5. The summed E-state index contributed by atoms with van der Waals surface area (Å²) in [6.07, 6.45) is 12.3. The fraction of sp³-hybridized carbons (Fsp3) is 0.684. The molecule has 1 heterocycles. The summed E-state index contributed by atoms with van der Waals surface area (Å²) in [5.41, 5.74) is 1.08. The van der Waals surface area contributed by atoms with Crippen molar-refractivity contribution in [2.75, 3.05) is 0 Å². The SMILES string of the molecule is CCCCCCCC(C)=CC(=O)C=C1NC(=O)C(CCCC)O1. The highest BCUT2D eigenvalue weighted by molar-refractivity contribution is 6.00. The van der Waals surface area contributed by atoms with Crippen LogP contribution in [0.2, 0.25) is 0 Å². The van der Waals surface area contributed by atoms with Gasteiger partial charge in [0.1, 0.15) is 0 Å². The van der Waals surface area contributed by atoms with Crippen molar-refractivity contribution in [1.29, 1.82) is 0 Å². The Morgan fingerprint density at radius 2 is 1.83 bits per heavy atom. The number of unbranched alkanes of at least 4 members (excludes halogenated alkanes) is 5. The average molecular weight is 321 g/mol. The molecular weight excluding hydrogens is 290 g/mol. The van der Waals surface area contributed by atoms with Gasteiger partial charge >= 0.3 is 0 Å². The lowest BCUT2D eigenvalue weighted by atomic mass is 10.1. The van der Waals surface area contributed by atoms with Crippen molar-refractivity contribution in [1.82, 2.24) is 5.32 Å². The number of ketones is 1. The van der Waals surface area contributed by atoms with E-state index in [1.807, 2.05) is 6.92 Å². The molecule has 0 aliphatic carbocycles. The number of nitrogens with one attached hydrogen (secondary N) is 1. The van der Waals surface area contributed by atoms with Gasteiger partial charge in [0.25, 0.3) is 5.91 Å². The van der Waals surface area contributed by atoms with Gasteiger partial charge in [-0.05, 0) is 38.7 Å². The predicted octanol–water partition coefficient (Wildman–Crippen LogP) is 4.41. The highest BCUT2D eigenvalue weighted by Gasteiger charge is 2.29. The van der Waals surface area contributed by atoms with Crippen molar-refractivity contribution in [3.63, 3.8) is 0 Å². The lowest BCUT2D eigenvalue weighted by molar-refractivity contribution is -0.123. The minimum atomic E-state index is -0.447. The Bertz CT molecular complexity index is 452. The van der Waals surface area contributed by atoms with Crippen LogP contribution in [-0.2, 0) is 14.3 Å². The molecule has 1 N–H and O–H groups in total. The van der Waals surface area contributed by atoms with Crippen LogP contribution in [0.15, 0.2) is 23.6 Å². The molecule has 0 aromatic heterocycles. The van der Waals surface area contributed by atoms with Gasteiger partial charge in [-0.2, -0.15) is 0 Å². The maximum absolute atomic E-state index is 12.0. The van der Waals surface area contributed by atoms with Crippen LogP contribution < -0.4 is 5.32 Å². The lowest BCUT2D eigenvalue weighted by Crippen LogP contribution is -2.22. The van der Waals surface area contributed by atoms with Gasteiger partial charge in [0.2, 0.25) is 0 Å². The minimum Gasteiger partial charge on any atom is -0.465 e. The first-order valence-corrected chi connectivity index (χ1v) is 8.97. The van der Waals surface area contributed by atoms with Crippen LogP contribution in [0.5, 0.6) is 0 Å². The van der Waals surface area contributed by atoms with Crippen LogP contribution in [0, 0.1) is 0 Å². The van der Waals surface area contributed by atoms with Gasteiger partial charge in [0.05, 0.1) is 0 Å². The number of hydrogen-bond acceptors (Lipinski definition) is 3. The Kier molecular flexibility index (Phi) is 9.34. The fourth-order valence-electron chi connectivity index (χ4n) is 2.58. The highest BCUT2D eigenvalue weighted by atomic mass is 16.5. The summed E-state index contributed by atoms with van der Waals surface area (Å²) in [6.45, 7) is 6.26. The number of hydrogen-bond donors (Lipinski definition) is 1. The van der Waals surface area contributed by atoms with Crippen LogP contribution in [0.1, 0.15) is 78.6 Å². The van der Waals surface area contributed by atoms with Crippen molar-refractivity contribution in [3.05, 3.63) is 23.6 Å². The quantitative estimate of drug-likeness (QED) is 0.453. The summed E-state index contributed by atoms with van der Waals surface area (Å²) >= 11 is 0.